The van der Waals surface area contributed by atoms with Crippen LogP contribution < -0.4 is 0 Å². The molecule has 0 bridgehead atoms. The smallest absolute Gasteiger partial charge is 0.0270 e. The Labute approximate surface area is 81.2 Å². The molecule has 0 aliphatic heterocycles. The molecule has 0 aliphatic carbocycles. The maximum atomic E-state index is 4.01. The molecule has 1 aromatic rings. The highest BCUT2D eigenvalue weighted by molar-refractivity contribution is 5.10. The van der Waals surface area contributed by atoms with Crippen LogP contribution in [0.1, 0.15) is 32.8 Å². The van der Waals surface area contributed by atoms with Gasteiger partial charge < -0.3 is 0 Å². The van der Waals surface area contributed by atoms with Gasteiger partial charge in [-0.15, -0.1) is 0 Å². The minimum absolute atomic E-state index is 0.780. The van der Waals surface area contributed by atoms with Gasteiger partial charge in [-0.2, -0.15) is 0 Å². The van der Waals surface area contributed by atoms with E-state index >= 15 is 0 Å². The molecule has 0 saturated heterocycles. The predicted octanol–water partition coefficient (Wildman–Crippen LogP) is 3.31. The summed E-state index contributed by atoms with van der Waals surface area (Å²) in [5, 5.41) is 0. The fourth-order valence-corrected chi connectivity index (χ4v) is 1.81. The van der Waals surface area contributed by atoms with Gasteiger partial charge in [0.2, 0.25) is 0 Å². The van der Waals surface area contributed by atoms with Gasteiger partial charge in [0.25, 0.3) is 0 Å². The molecule has 1 aromatic heterocycles. The van der Waals surface area contributed by atoms with Crippen LogP contribution in [0, 0.1) is 11.8 Å². The first kappa shape index (κ1) is 10.2. The minimum atomic E-state index is 0.780. The van der Waals surface area contributed by atoms with E-state index in [2.05, 4.69) is 37.9 Å². The fourth-order valence-electron chi connectivity index (χ4n) is 1.81. The Morgan fingerprint density at radius 2 is 1.77 bits per heavy atom. The molecule has 1 nitrogen and oxygen atoms in total. The van der Waals surface area contributed by atoms with Crippen molar-refractivity contribution in [2.45, 2.75) is 33.6 Å². The van der Waals surface area contributed by atoms with Crippen LogP contribution in [0.4, 0.5) is 0 Å². The molecule has 0 N–H and O–H groups in total. The molecular formula is C12H19N. The second-order valence-electron chi connectivity index (χ2n) is 4.29. The molecular weight excluding hydrogens is 158 g/mol. The van der Waals surface area contributed by atoms with Crippen LogP contribution in [0.25, 0.3) is 0 Å². The van der Waals surface area contributed by atoms with Crippen molar-refractivity contribution in [2.75, 3.05) is 0 Å². The van der Waals surface area contributed by atoms with Crippen molar-refractivity contribution in [3.8, 4) is 0 Å². The SMILES string of the molecule is CC(C)C[C@H](C)Cc1ccncc1. The van der Waals surface area contributed by atoms with Gasteiger partial charge in [0.1, 0.15) is 0 Å². The third-order valence-electron chi connectivity index (χ3n) is 2.21. The van der Waals surface area contributed by atoms with E-state index in [1.165, 1.54) is 18.4 Å². The van der Waals surface area contributed by atoms with Gasteiger partial charge in [0.05, 0.1) is 0 Å². The topological polar surface area (TPSA) is 12.9 Å². The Hall–Kier alpha value is -0.850. The van der Waals surface area contributed by atoms with Crippen molar-refractivity contribution in [2.24, 2.45) is 11.8 Å². The Bertz CT molecular complexity index is 228. The summed E-state index contributed by atoms with van der Waals surface area (Å²) in [5.41, 5.74) is 1.41. The maximum Gasteiger partial charge on any atom is 0.0270 e. The lowest BCUT2D eigenvalue weighted by molar-refractivity contribution is 0.437. The first-order valence-corrected chi connectivity index (χ1v) is 5.07. The van der Waals surface area contributed by atoms with Crippen LogP contribution >= 0.6 is 0 Å². The van der Waals surface area contributed by atoms with E-state index in [1.807, 2.05) is 12.4 Å². The first-order valence-electron chi connectivity index (χ1n) is 5.07. The fraction of sp³-hybridized carbons (Fsp3) is 0.583. The third-order valence-corrected chi connectivity index (χ3v) is 2.21. The van der Waals surface area contributed by atoms with Crippen molar-refractivity contribution in [1.82, 2.24) is 4.98 Å². The van der Waals surface area contributed by atoms with E-state index in [0.29, 0.717) is 0 Å². The molecule has 1 rings (SSSR count). The Kier molecular flexibility index (Phi) is 3.94. The quantitative estimate of drug-likeness (QED) is 0.687. The van der Waals surface area contributed by atoms with Crippen molar-refractivity contribution in [3.63, 3.8) is 0 Å². The number of hydrogen-bond acceptors (Lipinski definition) is 1. The number of rotatable bonds is 4. The van der Waals surface area contributed by atoms with Gasteiger partial charge in [0, 0.05) is 12.4 Å². The van der Waals surface area contributed by atoms with Crippen molar-refractivity contribution < 1.29 is 0 Å². The number of hydrogen-bond donors (Lipinski definition) is 0. The summed E-state index contributed by atoms with van der Waals surface area (Å²) in [6.07, 6.45) is 6.23. The second-order valence-corrected chi connectivity index (χ2v) is 4.29. The number of nitrogens with zero attached hydrogens (tertiary/aromatic N) is 1. The lowest BCUT2D eigenvalue weighted by atomic mass is 9.93. The summed E-state index contributed by atoms with van der Waals surface area (Å²) < 4.78 is 0. The molecule has 1 heterocycles. The Morgan fingerprint density at radius 3 is 2.31 bits per heavy atom. The van der Waals surface area contributed by atoms with Crippen LogP contribution in [-0.4, -0.2) is 4.98 Å². The summed E-state index contributed by atoms with van der Waals surface area (Å²) in [5.74, 6) is 1.58. The zero-order valence-corrected chi connectivity index (χ0v) is 8.83. The van der Waals surface area contributed by atoms with Gasteiger partial charge >= 0.3 is 0 Å². The lowest BCUT2D eigenvalue weighted by Gasteiger charge is -2.13. The highest BCUT2D eigenvalue weighted by Gasteiger charge is 2.05. The molecule has 0 radical (unpaired) electrons. The minimum Gasteiger partial charge on any atom is -0.265 e. The van der Waals surface area contributed by atoms with Crippen molar-refractivity contribution >= 4 is 0 Å². The van der Waals surface area contributed by atoms with E-state index in [9.17, 15) is 0 Å². The zero-order valence-electron chi connectivity index (χ0n) is 8.83. The van der Waals surface area contributed by atoms with Gasteiger partial charge in [-0.25, -0.2) is 0 Å². The molecule has 0 aromatic carbocycles. The summed E-state index contributed by atoms with van der Waals surface area (Å²) in [6, 6.07) is 4.22. The summed E-state index contributed by atoms with van der Waals surface area (Å²) in [6.45, 7) is 6.88. The Morgan fingerprint density at radius 1 is 1.15 bits per heavy atom. The average molecular weight is 177 g/mol. The molecule has 0 fully saturated rings. The highest BCUT2D eigenvalue weighted by atomic mass is 14.6. The molecule has 13 heavy (non-hydrogen) atoms. The molecule has 0 saturated carbocycles. The maximum absolute atomic E-state index is 4.01. The highest BCUT2D eigenvalue weighted by Crippen LogP contribution is 2.15. The standard InChI is InChI=1S/C12H19N/c1-10(2)8-11(3)9-12-4-6-13-7-5-12/h4-7,10-11H,8-9H2,1-3H3/t11-/m0/s1. The van der Waals surface area contributed by atoms with E-state index in [4.69, 9.17) is 0 Å². The largest absolute Gasteiger partial charge is 0.265 e. The van der Waals surface area contributed by atoms with E-state index in [-0.39, 0.29) is 0 Å². The van der Waals surface area contributed by atoms with Crippen molar-refractivity contribution in [1.29, 1.82) is 0 Å². The van der Waals surface area contributed by atoms with Gasteiger partial charge in [0.15, 0.2) is 0 Å². The van der Waals surface area contributed by atoms with Crippen LogP contribution in [0.2, 0.25) is 0 Å². The van der Waals surface area contributed by atoms with Crippen LogP contribution in [0.15, 0.2) is 24.5 Å². The summed E-state index contributed by atoms with van der Waals surface area (Å²) in [4.78, 5) is 4.01. The summed E-state index contributed by atoms with van der Waals surface area (Å²) in [7, 11) is 0. The normalized spacial score (nSPS) is 13.2. The monoisotopic (exact) mass is 177 g/mol. The zero-order chi connectivity index (χ0) is 9.68. The van der Waals surface area contributed by atoms with Gasteiger partial charge in [-0.1, -0.05) is 20.8 Å². The molecule has 1 heteroatoms. The third kappa shape index (κ3) is 4.07. The molecule has 72 valence electrons. The van der Waals surface area contributed by atoms with Gasteiger partial charge in [-0.05, 0) is 42.4 Å². The molecule has 1 atom stereocenters. The lowest BCUT2D eigenvalue weighted by Crippen LogP contribution is -2.03. The van der Waals surface area contributed by atoms with E-state index < -0.39 is 0 Å². The van der Waals surface area contributed by atoms with Crippen LogP contribution in [0.5, 0.6) is 0 Å². The molecule has 0 spiro atoms. The first-order chi connectivity index (χ1) is 6.18. The number of aromatic nitrogens is 1. The molecule has 0 amide bonds. The van der Waals surface area contributed by atoms with Crippen molar-refractivity contribution in [3.05, 3.63) is 30.1 Å². The predicted molar refractivity (Wildman–Crippen MR) is 56.6 cm³/mol. The molecule has 0 unspecified atom stereocenters. The number of pyridine rings is 1. The Balaban J connectivity index is 2.41. The van der Waals surface area contributed by atoms with Crippen LogP contribution in [0.3, 0.4) is 0 Å². The van der Waals surface area contributed by atoms with E-state index in [0.717, 1.165) is 11.8 Å². The summed E-state index contributed by atoms with van der Waals surface area (Å²) >= 11 is 0. The van der Waals surface area contributed by atoms with Crippen LogP contribution in [-0.2, 0) is 6.42 Å². The van der Waals surface area contributed by atoms with E-state index in [1.54, 1.807) is 0 Å². The average Bonchev–Trinajstić information content (AvgIpc) is 2.04. The van der Waals surface area contributed by atoms with Gasteiger partial charge in [-0.3, -0.25) is 4.98 Å². The second kappa shape index (κ2) is 5.00. The molecule has 0 aliphatic rings.